The third-order valence-corrected chi connectivity index (χ3v) is 8.42. The number of benzene rings is 3. The maximum atomic E-state index is 13.0. The van der Waals surface area contributed by atoms with Crippen molar-refractivity contribution in [3.05, 3.63) is 101 Å². The third kappa shape index (κ3) is 4.59. The van der Waals surface area contributed by atoms with E-state index in [9.17, 15) is 13.5 Å². The molecule has 0 aromatic heterocycles. The number of rotatable bonds is 7. The topological polar surface area (TPSA) is 70.0 Å². The number of aliphatic hydroxyl groups is 1. The van der Waals surface area contributed by atoms with E-state index in [-0.39, 0.29) is 11.3 Å². The van der Waals surface area contributed by atoms with Gasteiger partial charge in [-0.1, -0.05) is 86.1 Å². The minimum absolute atomic E-state index is 0.142. The molecule has 0 radical (unpaired) electrons. The molecule has 0 heterocycles. The lowest BCUT2D eigenvalue weighted by Gasteiger charge is -2.27. The normalized spacial score (nSPS) is 19.6. The lowest BCUT2D eigenvalue weighted by molar-refractivity contribution is 0.113. The summed E-state index contributed by atoms with van der Waals surface area (Å²) in [6.07, 6.45) is 2.11. The lowest BCUT2D eigenvalue weighted by atomic mass is 9.84. The number of allylic oxidation sites excluding steroid dienone is 1. The van der Waals surface area contributed by atoms with Gasteiger partial charge in [0.15, 0.2) is 0 Å². The van der Waals surface area contributed by atoms with Gasteiger partial charge in [-0.05, 0) is 41.0 Å². The van der Waals surface area contributed by atoms with Crippen molar-refractivity contribution in [2.75, 3.05) is 13.1 Å². The van der Waals surface area contributed by atoms with Gasteiger partial charge in [0.25, 0.3) is 0 Å². The zero-order valence-corrected chi connectivity index (χ0v) is 20.7. The molecule has 1 aliphatic rings. The summed E-state index contributed by atoms with van der Waals surface area (Å²) in [5.74, 6) is 0. The fourth-order valence-corrected chi connectivity index (χ4v) is 5.92. The summed E-state index contributed by atoms with van der Waals surface area (Å²) in [6.45, 7) is 4.35. The molecule has 1 aliphatic carbocycles. The molecule has 0 saturated carbocycles. The van der Waals surface area contributed by atoms with Crippen molar-refractivity contribution < 1.29 is 13.5 Å². The van der Waals surface area contributed by atoms with Crippen LogP contribution < -0.4 is 0 Å². The van der Waals surface area contributed by atoms with Gasteiger partial charge >= 0.3 is 0 Å². The average Bonchev–Trinajstić information content (AvgIpc) is 3.19. The molecule has 5 nitrogen and oxygen atoms in total. The van der Waals surface area contributed by atoms with Crippen molar-refractivity contribution in [3.8, 4) is 0 Å². The Bertz CT molecular complexity index is 1330. The van der Waals surface area contributed by atoms with Crippen LogP contribution in [0.5, 0.6) is 0 Å². The molecular formula is C27H27ClN2O3S. The molecule has 3 aromatic carbocycles. The van der Waals surface area contributed by atoms with E-state index in [1.807, 2.05) is 66.7 Å². The Kier molecular flexibility index (Phi) is 7.05. The molecular weight excluding hydrogens is 468 g/mol. The molecule has 3 aromatic rings. The smallest absolute Gasteiger partial charge is 0.243 e. The summed E-state index contributed by atoms with van der Waals surface area (Å²) in [4.78, 5) is 4.85. The molecule has 0 saturated heterocycles. The van der Waals surface area contributed by atoms with E-state index in [0.717, 1.165) is 16.7 Å². The summed E-state index contributed by atoms with van der Waals surface area (Å²) in [6, 6.07) is 23.7. The SMILES string of the molecule is CCN(CC)S(=O)(=O)c1ccc(Cl)c(N=C2C=C(c3ccccc3)C(O)(c3ccccc3)C2)c1. The maximum absolute atomic E-state index is 13.0. The highest BCUT2D eigenvalue weighted by atomic mass is 35.5. The van der Waals surface area contributed by atoms with Crippen LogP contribution in [0.3, 0.4) is 0 Å². The van der Waals surface area contributed by atoms with Gasteiger partial charge in [0.1, 0.15) is 5.60 Å². The average molecular weight is 495 g/mol. The Morgan fingerprint density at radius 2 is 1.59 bits per heavy atom. The van der Waals surface area contributed by atoms with Crippen LogP contribution in [0.2, 0.25) is 5.02 Å². The molecule has 0 fully saturated rings. The van der Waals surface area contributed by atoms with E-state index in [1.54, 1.807) is 19.9 Å². The van der Waals surface area contributed by atoms with Crippen LogP contribution in [0.25, 0.3) is 5.57 Å². The minimum Gasteiger partial charge on any atom is -0.380 e. The van der Waals surface area contributed by atoms with Crippen molar-refractivity contribution in [1.82, 2.24) is 4.31 Å². The van der Waals surface area contributed by atoms with Gasteiger partial charge in [-0.15, -0.1) is 0 Å². The summed E-state index contributed by atoms with van der Waals surface area (Å²) in [7, 11) is -3.65. The van der Waals surface area contributed by atoms with Crippen LogP contribution in [0.4, 0.5) is 5.69 Å². The fourth-order valence-electron chi connectivity index (χ4n) is 4.28. The van der Waals surface area contributed by atoms with Gasteiger partial charge < -0.3 is 5.11 Å². The van der Waals surface area contributed by atoms with E-state index in [1.165, 1.54) is 16.4 Å². The van der Waals surface area contributed by atoms with Gasteiger partial charge in [-0.25, -0.2) is 8.42 Å². The van der Waals surface area contributed by atoms with Gasteiger partial charge in [-0.2, -0.15) is 4.31 Å². The zero-order chi connectivity index (χ0) is 24.3. The van der Waals surface area contributed by atoms with E-state index in [2.05, 4.69) is 0 Å². The molecule has 1 atom stereocenters. The predicted molar refractivity (Wildman–Crippen MR) is 138 cm³/mol. The van der Waals surface area contributed by atoms with Crippen molar-refractivity contribution in [2.45, 2.75) is 30.8 Å². The number of hydrogen-bond donors (Lipinski definition) is 1. The Morgan fingerprint density at radius 1 is 0.971 bits per heavy atom. The number of sulfonamides is 1. The number of hydrogen-bond acceptors (Lipinski definition) is 4. The van der Waals surface area contributed by atoms with Crippen molar-refractivity contribution in [3.63, 3.8) is 0 Å². The van der Waals surface area contributed by atoms with Crippen molar-refractivity contribution >= 4 is 38.6 Å². The molecule has 0 amide bonds. The summed E-state index contributed by atoms with van der Waals surface area (Å²) < 4.78 is 27.4. The Labute approximate surface area is 206 Å². The zero-order valence-electron chi connectivity index (χ0n) is 19.1. The molecule has 1 unspecified atom stereocenters. The number of halogens is 1. The molecule has 4 rings (SSSR count). The molecule has 34 heavy (non-hydrogen) atoms. The quantitative estimate of drug-likeness (QED) is 0.450. The number of nitrogens with zero attached hydrogens (tertiary/aromatic N) is 2. The summed E-state index contributed by atoms with van der Waals surface area (Å²) in [5, 5.41) is 12.2. The van der Waals surface area contributed by atoms with Gasteiger partial charge in [0.05, 0.1) is 15.6 Å². The highest BCUT2D eigenvalue weighted by molar-refractivity contribution is 7.89. The lowest BCUT2D eigenvalue weighted by Crippen LogP contribution is -2.30. The summed E-state index contributed by atoms with van der Waals surface area (Å²) in [5.41, 5.74) is 2.09. The predicted octanol–water partition coefficient (Wildman–Crippen LogP) is 5.82. The van der Waals surface area contributed by atoms with Crippen LogP contribution in [0, 0.1) is 0 Å². The first-order chi connectivity index (χ1) is 16.3. The molecule has 0 bridgehead atoms. The highest BCUT2D eigenvalue weighted by Gasteiger charge is 2.40. The van der Waals surface area contributed by atoms with Crippen LogP contribution in [0.15, 0.2) is 94.8 Å². The fraction of sp³-hybridized carbons (Fsp3) is 0.222. The third-order valence-electron chi connectivity index (χ3n) is 6.05. The van der Waals surface area contributed by atoms with E-state index in [0.29, 0.717) is 29.5 Å². The Morgan fingerprint density at radius 3 is 2.21 bits per heavy atom. The van der Waals surface area contributed by atoms with Gasteiger partial charge in [0.2, 0.25) is 10.0 Å². The minimum atomic E-state index is -3.65. The Hall–Kier alpha value is -2.77. The second kappa shape index (κ2) is 9.84. The molecule has 7 heteroatoms. The largest absolute Gasteiger partial charge is 0.380 e. The van der Waals surface area contributed by atoms with Crippen LogP contribution in [0.1, 0.15) is 31.4 Å². The second-order valence-corrected chi connectivity index (χ2v) is 10.5. The molecule has 176 valence electrons. The maximum Gasteiger partial charge on any atom is 0.243 e. The summed E-state index contributed by atoms with van der Waals surface area (Å²) >= 11 is 6.41. The first-order valence-corrected chi connectivity index (χ1v) is 13.0. The van der Waals surface area contributed by atoms with Crippen LogP contribution in [-0.4, -0.2) is 36.6 Å². The standard InChI is InChI=1S/C27H27ClN2O3S/c1-3-30(4-2)34(32,33)23-15-16-25(28)26(18-23)29-22-17-24(20-11-7-5-8-12-20)27(31,19-22)21-13-9-6-10-14-21/h5-18,31H,3-4,19H2,1-2H3. The number of aliphatic imine (C=N–C) groups is 1. The van der Waals surface area contributed by atoms with Gasteiger partial charge in [-0.3, -0.25) is 4.99 Å². The first-order valence-electron chi connectivity index (χ1n) is 11.2. The van der Waals surface area contributed by atoms with Crippen LogP contribution in [-0.2, 0) is 15.6 Å². The van der Waals surface area contributed by atoms with Crippen molar-refractivity contribution in [1.29, 1.82) is 0 Å². The molecule has 1 N–H and O–H groups in total. The highest BCUT2D eigenvalue weighted by Crippen LogP contribution is 2.44. The van der Waals surface area contributed by atoms with Crippen LogP contribution >= 0.6 is 11.6 Å². The van der Waals surface area contributed by atoms with E-state index >= 15 is 0 Å². The van der Waals surface area contributed by atoms with E-state index < -0.39 is 15.6 Å². The molecule has 0 aliphatic heterocycles. The Balaban J connectivity index is 1.80. The van der Waals surface area contributed by atoms with Gasteiger partial charge in [0, 0.05) is 25.2 Å². The van der Waals surface area contributed by atoms with Crippen molar-refractivity contribution in [2.24, 2.45) is 4.99 Å². The first kappa shape index (κ1) is 24.4. The second-order valence-electron chi connectivity index (χ2n) is 8.13. The molecule has 0 spiro atoms. The van der Waals surface area contributed by atoms with E-state index in [4.69, 9.17) is 16.6 Å². The monoisotopic (exact) mass is 494 g/mol.